The van der Waals surface area contributed by atoms with E-state index in [0.29, 0.717) is 22.6 Å². The molecule has 0 aromatic heterocycles. The van der Waals surface area contributed by atoms with Gasteiger partial charge in [0.05, 0.1) is 6.51 Å². The largest absolute Gasteiger partial charge is 0.500 e. The van der Waals surface area contributed by atoms with E-state index in [9.17, 15) is 8.78 Å². The summed E-state index contributed by atoms with van der Waals surface area (Å²) in [5.74, 6) is -1.46. The number of allylic oxidation sites excluding steroid dienone is 1. The summed E-state index contributed by atoms with van der Waals surface area (Å²) in [6.07, 6.45) is 13.6. The third-order valence-electron chi connectivity index (χ3n) is 9.51. The van der Waals surface area contributed by atoms with Gasteiger partial charge in [-0.3, -0.25) is 0 Å². The van der Waals surface area contributed by atoms with Crippen molar-refractivity contribution in [3.8, 4) is 28.0 Å². The lowest BCUT2D eigenvalue weighted by Gasteiger charge is -2.38. The van der Waals surface area contributed by atoms with Crippen LogP contribution in [-0.4, -0.2) is 14.4 Å². The second-order valence-electron chi connectivity index (χ2n) is 11.8. The van der Waals surface area contributed by atoms with E-state index in [1.165, 1.54) is 44.2 Å². The number of rotatable bonds is 9. The Hall–Kier alpha value is -3.02. The predicted octanol–water partition coefficient (Wildman–Crippen LogP) is 9.59. The molecule has 2 aliphatic carbocycles. The van der Waals surface area contributed by atoms with E-state index in [-0.39, 0.29) is 29.3 Å². The number of benzene rings is 3. The van der Waals surface area contributed by atoms with Crippen molar-refractivity contribution < 1.29 is 22.3 Å². The first-order chi connectivity index (χ1) is 19.9. The van der Waals surface area contributed by atoms with Crippen LogP contribution in [-0.2, 0) is 0 Å². The van der Waals surface area contributed by atoms with Gasteiger partial charge in [0.15, 0.2) is 31.0 Å². The Balaban J connectivity index is 1.23. The summed E-state index contributed by atoms with van der Waals surface area (Å²) in [7, 11) is 1.70. The van der Waals surface area contributed by atoms with Gasteiger partial charge in [-0.2, -0.15) is 4.39 Å². The van der Waals surface area contributed by atoms with Crippen molar-refractivity contribution in [1.82, 2.24) is 0 Å². The number of halogens is 4. The Morgan fingerprint density at radius 1 is 0.683 bits per heavy atom. The summed E-state index contributed by atoms with van der Waals surface area (Å²) in [5, 5.41) is 0. The molecule has 2 saturated carbocycles. The maximum atomic E-state index is 15.4. The van der Waals surface area contributed by atoms with Crippen LogP contribution in [0.4, 0.5) is 17.6 Å². The minimum Gasteiger partial charge on any atom is -0.500 e. The number of hydrogen-bond donors (Lipinski definition) is 0. The van der Waals surface area contributed by atoms with Crippen LogP contribution in [0.25, 0.3) is 22.3 Å². The molecular weight excluding hydrogens is 523 g/mol. The standard InChI is InChI=1S/C35H39BF4O/c1-2-3-4-22-5-7-23(8-6-22)24-9-11-25(12-10-24)28-17-18-29(33(38)32(28)37)26-13-15-27(16-14-26)30-19-20-31(41-21-36)35(40)34(30)39/h2,13-20,22-25H,1,3-12,21,36H2. The van der Waals surface area contributed by atoms with Gasteiger partial charge in [0, 0.05) is 11.1 Å². The van der Waals surface area contributed by atoms with E-state index in [1.54, 1.807) is 44.2 Å². The summed E-state index contributed by atoms with van der Waals surface area (Å²) in [5.41, 5.74) is 1.64. The van der Waals surface area contributed by atoms with Gasteiger partial charge in [0.25, 0.3) is 0 Å². The highest BCUT2D eigenvalue weighted by Gasteiger charge is 2.32. The van der Waals surface area contributed by atoms with Gasteiger partial charge >= 0.3 is 0 Å². The average Bonchev–Trinajstić information content (AvgIpc) is 3.00. The normalized spacial score (nSPS) is 22.8. The lowest BCUT2D eigenvalue weighted by atomic mass is 9.68. The van der Waals surface area contributed by atoms with Crippen molar-refractivity contribution in [2.24, 2.45) is 17.8 Å². The molecule has 2 fully saturated rings. The molecule has 3 aromatic rings. The minimum atomic E-state index is -1.04. The van der Waals surface area contributed by atoms with Crippen molar-refractivity contribution in [3.05, 3.63) is 90.0 Å². The molecule has 5 rings (SSSR count). The van der Waals surface area contributed by atoms with Crippen LogP contribution in [0.2, 0.25) is 0 Å². The molecule has 1 nitrogen and oxygen atoms in total. The first kappa shape index (κ1) is 29.5. The van der Waals surface area contributed by atoms with Gasteiger partial charge < -0.3 is 4.74 Å². The Labute approximate surface area is 242 Å². The topological polar surface area (TPSA) is 9.23 Å². The second kappa shape index (κ2) is 13.3. The van der Waals surface area contributed by atoms with Crippen LogP contribution in [0, 0.1) is 41.0 Å². The summed E-state index contributed by atoms with van der Waals surface area (Å²) < 4.78 is 64.8. The van der Waals surface area contributed by atoms with E-state index in [1.807, 2.05) is 6.08 Å². The molecule has 0 bridgehead atoms. The molecule has 2 aliphatic rings. The highest BCUT2D eigenvalue weighted by molar-refractivity contribution is 6.08. The Morgan fingerprint density at radius 2 is 1.22 bits per heavy atom. The van der Waals surface area contributed by atoms with Crippen LogP contribution >= 0.6 is 0 Å². The van der Waals surface area contributed by atoms with Gasteiger partial charge in [0.1, 0.15) is 0 Å². The number of ether oxygens (including phenoxy) is 1. The molecule has 0 radical (unpaired) electrons. The first-order valence-corrected chi connectivity index (χ1v) is 15.2. The molecule has 216 valence electrons. The maximum absolute atomic E-state index is 15.4. The van der Waals surface area contributed by atoms with E-state index >= 15 is 8.78 Å². The highest BCUT2D eigenvalue weighted by atomic mass is 19.2. The van der Waals surface area contributed by atoms with Crippen LogP contribution in [0.5, 0.6) is 5.75 Å². The van der Waals surface area contributed by atoms with E-state index in [0.717, 1.165) is 43.9 Å². The maximum Gasteiger partial charge on any atom is 0.201 e. The van der Waals surface area contributed by atoms with E-state index in [4.69, 9.17) is 4.74 Å². The molecule has 0 saturated heterocycles. The predicted molar refractivity (Wildman–Crippen MR) is 161 cm³/mol. The fraction of sp³-hybridized carbons (Fsp3) is 0.429. The summed E-state index contributed by atoms with van der Waals surface area (Å²) in [4.78, 5) is 0. The molecular formula is C35H39BF4O. The third kappa shape index (κ3) is 6.42. The quantitative estimate of drug-likeness (QED) is 0.143. The number of hydrogen-bond acceptors (Lipinski definition) is 1. The van der Waals surface area contributed by atoms with Crippen LogP contribution in [0.15, 0.2) is 61.2 Å². The molecule has 0 unspecified atom stereocenters. The van der Waals surface area contributed by atoms with Gasteiger partial charge in [-0.15, -0.1) is 6.58 Å². The van der Waals surface area contributed by atoms with Crippen molar-refractivity contribution in [2.75, 3.05) is 6.51 Å². The zero-order valence-electron chi connectivity index (χ0n) is 23.9. The van der Waals surface area contributed by atoms with Gasteiger partial charge in [0.2, 0.25) is 5.82 Å². The molecule has 41 heavy (non-hydrogen) atoms. The van der Waals surface area contributed by atoms with Gasteiger partial charge in [-0.25, -0.2) is 13.2 Å². The van der Waals surface area contributed by atoms with Crippen molar-refractivity contribution in [2.45, 2.75) is 70.1 Å². The molecule has 0 aliphatic heterocycles. The zero-order chi connectivity index (χ0) is 28.9. The van der Waals surface area contributed by atoms with Crippen LogP contribution in [0.3, 0.4) is 0 Å². The average molecular weight is 563 g/mol. The van der Waals surface area contributed by atoms with Gasteiger partial charge in [-0.05, 0) is 104 Å². The summed E-state index contributed by atoms with van der Waals surface area (Å²) in [6, 6.07) is 12.6. The Kier molecular flexibility index (Phi) is 9.57. The molecule has 0 heterocycles. The summed E-state index contributed by atoms with van der Waals surface area (Å²) >= 11 is 0. The van der Waals surface area contributed by atoms with Crippen LogP contribution < -0.4 is 4.74 Å². The van der Waals surface area contributed by atoms with Crippen molar-refractivity contribution >= 4 is 7.85 Å². The second-order valence-corrected chi connectivity index (χ2v) is 11.8. The highest BCUT2D eigenvalue weighted by Crippen LogP contribution is 2.45. The SMILES string of the molecule is BCOc1ccc(-c2ccc(-c3ccc(C4CCC(C5CCC(CCC=C)CC5)CC4)c(F)c3F)cc2)c(F)c1F. The molecule has 0 spiro atoms. The van der Waals surface area contributed by atoms with E-state index in [2.05, 4.69) is 6.58 Å². The molecule has 0 amide bonds. The van der Waals surface area contributed by atoms with Crippen molar-refractivity contribution in [1.29, 1.82) is 0 Å². The van der Waals surface area contributed by atoms with Gasteiger partial charge in [-0.1, -0.05) is 55.3 Å². The zero-order valence-corrected chi connectivity index (χ0v) is 23.9. The van der Waals surface area contributed by atoms with Crippen molar-refractivity contribution in [3.63, 3.8) is 0 Å². The molecule has 0 atom stereocenters. The van der Waals surface area contributed by atoms with Crippen LogP contribution in [0.1, 0.15) is 75.7 Å². The smallest absolute Gasteiger partial charge is 0.201 e. The fourth-order valence-electron chi connectivity index (χ4n) is 7.16. The third-order valence-corrected chi connectivity index (χ3v) is 9.51. The Morgan fingerprint density at radius 3 is 1.78 bits per heavy atom. The van der Waals surface area contributed by atoms with E-state index < -0.39 is 23.3 Å². The molecule has 6 heteroatoms. The monoisotopic (exact) mass is 562 g/mol. The fourth-order valence-corrected chi connectivity index (χ4v) is 7.16. The molecule has 0 N–H and O–H groups in total. The first-order valence-electron chi connectivity index (χ1n) is 15.2. The lowest BCUT2D eigenvalue weighted by molar-refractivity contribution is 0.156. The summed E-state index contributed by atoms with van der Waals surface area (Å²) in [6.45, 7) is 4.07. The Bertz CT molecular complexity index is 1340. The molecule has 3 aromatic carbocycles. The lowest BCUT2D eigenvalue weighted by Crippen LogP contribution is -2.25. The minimum absolute atomic E-state index is 0.0404.